The number of hydrogen-bond acceptors (Lipinski definition) is 4. The van der Waals surface area contributed by atoms with Gasteiger partial charge in [0.2, 0.25) is 5.52 Å². The molecule has 0 radical (unpaired) electrons. The van der Waals surface area contributed by atoms with Gasteiger partial charge in [-0.3, -0.25) is 4.79 Å². The van der Waals surface area contributed by atoms with Crippen LogP contribution in [-0.4, -0.2) is 109 Å². The van der Waals surface area contributed by atoms with E-state index in [0.717, 1.165) is 0 Å². The Bertz CT molecular complexity index is 206. The molecule has 0 saturated carbocycles. The summed E-state index contributed by atoms with van der Waals surface area (Å²) in [6.45, 7) is -0.183. The van der Waals surface area contributed by atoms with Gasteiger partial charge in [-0.05, 0) is 0 Å². The van der Waals surface area contributed by atoms with E-state index in [9.17, 15) is 9.69 Å². The van der Waals surface area contributed by atoms with Crippen molar-refractivity contribution >= 4 is 51.4 Å². The summed E-state index contributed by atoms with van der Waals surface area (Å²) in [4.78, 5) is 20.8. The Morgan fingerprint density at radius 2 is 1.93 bits per heavy atom. The van der Waals surface area contributed by atoms with Crippen LogP contribution in [-0.2, 0) is 4.79 Å². The molecule has 0 spiro atoms. The van der Waals surface area contributed by atoms with Gasteiger partial charge in [-0.15, -0.1) is 0 Å². The Labute approximate surface area is 124 Å². The topological polar surface area (TPSA) is 77.8 Å². The maximum atomic E-state index is 11.4. The molecule has 7 heteroatoms. The van der Waals surface area contributed by atoms with Gasteiger partial charge in [-0.2, -0.15) is 0 Å². The van der Waals surface area contributed by atoms with E-state index in [0.29, 0.717) is 4.48 Å². The molecule has 0 aliphatic carbocycles. The zero-order chi connectivity index (χ0) is 11.4. The number of aliphatic hydroxyl groups excluding tert-OH is 2. The van der Waals surface area contributed by atoms with Gasteiger partial charge in [0, 0.05) is 6.16 Å². The summed E-state index contributed by atoms with van der Waals surface area (Å²) in [6, 6.07) is 0. The first kappa shape index (κ1) is 18.6. The third-order valence-corrected chi connectivity index (χ3v) is 2.98. The molecule has 0 aromatic heterocycles. The fourth-order valence-electron chi connectivity index (χ4n) is 0.847. The molecule has 0 bridgehead atoms. The molecule has 0 fully saturated rings. The zero-order valence-corrected chi connectivity index (χ0v) is 12.7. The number of carbonyl (C=O) groups excluding carboxylic acids is 1. The van der Waals surface area contributed by atoms with Gasteiger partial charge in [0.15, 0.2) is 0 Å². The number of quaternary nitrogens is 1. The summed E-state index contributed by atoms with van der Waals surface area (Å²) in [6.07, 6.45) is -1.03. The number of aliphatic hydroxyl groups is 2. The molecule has 0 aliphatic rings. The molecule has 2 unspecified atom stereocenters. The standard InChI is InChI=1S/C8H19NO4P.Ca.2H/c1-9(2,3)4-8(12)14(13)6-7(11)5-10;;;/h7,10-11,13H,4-6H2,1-3H3;;;/q+1;+2;2*-1. The zero-order valence-electron chi connectivity index (χ0n) is 11.6. The largest absolute Gasteiger partial charge is 2.00 e. The van der Waals surface area contributed by atoms with E-state index in [4.69, 9.17) is 10.2 Å². The van der Waals surface area contributed by atoms with Crippen molar-refractivity contribution in [2.24, 2.45) is 0 Å². The molecule has 0 aliphatic heterocycles. The molecule has 88 valence electrons. The van der Waals surface area contributed by atoms with Crippen molar-refractivity contribution in [3.63, 3.8) is 0 Å². The summed E-state index contributed by atoms with van der Waals surface area (Å²) in [5.74, 6) is 0. The molecule has 0 rings (SSSR count). The van der Waals surface area contributed by atoms with E-state index in [2.05, 4.69) is 0 Å². The molecule has 15 heavy (non-hydrogen) atoms. The Kier molecular flexibility index (Phi) is 10.3. The SMILES string of the molecule is C[N+](C)(C)CC(=O)P(O)CC(O)CO.[Ca+2].[H-].[H-]. The van der Waals surface area contributed by atoms with Crippen molar-refractivity contribution in [3.8, 4) is 0 Å². The normalized spacial score (nSPS) is 15.3. The molecular weight excluding hydrogens is 245 g/mol. The molecule has 0 amide bonds. The maximum absolute atomic E-state index is 11.4. The fourth-order valence-corrected chi connectivity index (χ4v) is 2.15. The van der Waals surface area contributed by atoms with Gasteiger partial charge in [0.05, 0.1) is 33.9 Å². The number of nitrogens with zero attached hydrogens (tertiary/aromatic N) is 1. The second-order valence-electron chi connectivity index (χ2n) is 4.26. The van der Waals surface area contributed by atoms with Gasteiger partial charge in [0.1, 0.15) is 14.7 Å². The van der Waals surface area contributed by atoms with E-state index in [1.54, 1.807) is 0 Å². The fraction of sp³-hybridized carbons (Fsp3) is 0.875. The molecule has 0 aromatic rings. The molecule has 2 atom stereocenters. The summed E-state index contributed by atoms with van der Waals surface area (Å²) in [5.41, 5.74) is -0.250. The third kappa shape index (κ3) is 10.1. The Balaban J connectivity index is -0.000000282. The van der Waals surface area contributed by atoms with E-state index < -0.39 is 20.9 Å². The Morgan fingerprint density at radius 1 is 1.47 bits per heavy atom. The minimum Gasteiger partial charge on any atom is -1.00 e. The maximum Gasteiger partial charge on any atom is 2.00 e. The summed E-state index contributed by atoms with van der Waals surface area (Å²) in [7, 11) is 3.74. The monoisotopic (exact) mass is 266 g/mol. The predicted molar refractivity (Wildman–Crippen MR) is 63.0 cm³/mol. The Morgan fingerprint density at radius 3 is 2.27 bits per heavy atom. The van der Waals surface area contributed by atoms with Crippen molar-refractivity contribution < 1.29 is 27.2 Å². The predicted octanol–water partition coefficient (Wildman–Crippen LogP) is -1.19. The first-order valence-corrected chi connectivity index (χ1v) is 5.83. The van der Waals surface area contributed by atoms with E-state index >= 15 is 0 Å². The van der Waals surface area contributed by atoms with E-state index in [-0.39, 0.29) is 58.8 Å². The Hall–Kier alpha value is 1.20. The van der Waals surface area contributed by atoms with Gasteiger partial charge < -0.3 is 22.4 Å². The van der Waals surface area contributed by atoms with Crippen LogP contribution in [0.3, 0.4) is 0 Å². The van der Waals surface area contributed by atoms with Crippen LogP contribution in [0.4, 0.5) is 0 Å². The minimum atomic E-state index is -1.82. The van der Waals surface area contributed by atoms with Gasteiger partial charge >= 0.3 is 37.7 Å². The first-order chi connectivity index (χ1) is 6.26. The number of carbonyl (C=O) groups is 1. The molecule has 0 heterocycles. The summed E-state index contributed by atoms with van der Waals surface area (Å²) < 4.78 is 0.452. The van der Waals surface area contributed by atoms with Crippen molar-refractivity contribution in [1.29, 1.82) is 0 Å². The van der Waals surface area contributed by atoms with Crippen molar-refractivity contribution in [3.05, 3.63) is 0 Å². The quantitative estimate of drug-likeness (QED) is 0.321. The third-order valence-electron chi connectivity index (χ3n) is 1.49. The summed E-state index contributed by atoms with van der Waals surface area (Å²) in [5, 5.41) is 17.6. The molecular formula is C8H21CaNO4P+. The van der Waals surface area contributed by atoms with Crippen LogP contribution in [0.5, 0.6) is 0 Å². The van der Waals surface area contributed by atoms with Crippen LogP contribution in [0.25, 0.3) is 0 Å². The average molecular weight is 266 g/mol. The number of hydrogen-bond donors (Lipinski definition) is 3. The van der Waals surface area contributed by atoms with Gasteiger partial charge in [0.25, 0.3) is 0 Å². The van der Waals surface area contributed by atoms with Crippen LogP contribution < -0.4 is 0 Å². The molecule has 3 N–H and O–H groups in total. The number of rotatable bonds is 6. The molecule has 0 saturated heterocycles. The van der Waals surface area contributed by atoms with Crippen LogP contribution >= 0.6 is 8.15 Å². The van der Waals surface area contributed by atoms with E-state index in [1.807, 2.05) is 21.1 Å². The number of likely N-dealkylation sites (N-methyl/N-ethyl adjacent to an activating group) is 1. The smallest absolute Gasteiger partial charge is 1.00 e. The molecule has 5 nitrogen and oxygen atoms in total. The van der Waals surface area contributed by atoms with Gasteiger partial charge in [-0.25, -0.2) is 0 Å². The first-order valence-electron chi connectivity index (χ1n) is 4.35. The van der Waals surface area contributed by atoms with Crippen LogP contribution in [0.15, 0.2) is 0 Å². The van der Waals surface area contributed by atoms with E-state index in [1.165, 1.54) is 0 Å². The van der Waals surface area contributed by atoms with Crippen LogP contribution in [0.1, 0.15) is 2.85 Å². The van der Waals surface area contributed by atoms with Crippen LogP contribution in [0, 0.1) is 0 Å². The van der Waals surface area contributed by atoms with Gasteiger partial charge in [-0.1, -0.05) is 0 Å². The van der Waals surface area contributed by atoms with Crippen molar-refractivity contribution in [2.45, 2.75) is 6.10 Å². The summed E-state index contributed by atoms with van der Waals surface area (Å²) >= 11 is 0. The average Bonchev–Trinajstić information content (AvgIpc) is 2.00. The van der Waals surface area contributed by atoms with Crippen molar-refractivity contribution in [2.75, 3.05) is 40.5 Å². The second kappa shape index (κ2) is 8.31. The minimum absolute atomic E-state index is 0. The van der Waals surface area contributed by atoms with Crippen molar-refractivity contribution in [1.82, 2.24) is 0 Å². The van der Waals surface area contributed by atoms with Crippen LogP contribution in [0.2, 0.25) is 0 Å². The second-order valence-corrected chi connectivity index (χ2v) is 5.92. The molecule has 0 aromatic carbocycles.